The summed E-state index contributed by atoms with van der Waals surface area (Å²) in [5.74, 6) is 0. The average Bonchev–Trinajstić information content (AvgIpc) is 2.55. The molecule has 6 N–H and O–H groups in total. The third-order valence-corrected chi connectivity index (χ3v) is 2.73. The zero-order valence-electron chi connectivity index (χ0n) is 8.78. The zero-order valence-corrected chi connectivity index (χ0v) is 8.78. The van der Waals surface area contributed by atoms with Gasteiger partial charge in [0.2, 0.25) is 0 Å². The molecule has 4 atom stereocenters. The topological polar surface area (TPSA) is 142 Å². The van der Waals surface area contributed by atoms with E-state index in [0.29, 0.717) is 0 Å². The monoisotopic (exact) mass is 243 g/mol. The molecule has 1 aromatic rings. The molecule has 0 radical (unpaired) electrons. The molecule has 2 heterocycles. The number of nitrogens with zero attached hydrogens (tertiary/aromatic N) is 1. The van der Waals surface area contributed by atoms with E-state index in [9.17, 15) is 15.0 Å². The van der Waals surface area contributed by atoms with Crippen molar-refractivity contribution in [3.05, 3.63) is 28.4 Å². The predicted octanol–water partition coefficient (Wildman–Crippen LogP) is -2.79. The summed E-state index contributed by atoms with van der Waals surface area (Å²) >= 11 is 0. The second-order valence-electron chi connectivity index (χ2n) is 3.92. The van der Waals surface area contributed by atoms with Crippen LogP contribution in [0.25, 0.3) is 0 Å². The highest BCUT2D eigenvalue weighted by Gasteiger charge is 2.52. The standard InChI is InChI=1S/C9H13N3O5/c10-9(3-13)7(15)5(14)6(17-9)4-1-2-11-8(16)12-4/h1-2,5-7,13-15H,3,10H2,(H,11,12,16)/t5-,6+,7+,9-/m1/s1. The van der Waals surface area contributed by atoms with Crippen molar-refractivity contribution >= 4 is 0 Å². The maximum absolute atomic E-state index is 11.0. The van der Waals surface area contributed by atoms with Gasteiger partial charge in [0.25, 0.3) is 0 Å². The lowest BCUT2D eigenvalue weighted by molar-refractivity contribution is -0.109. The Balaban J connectivity index is 2.33. The Kier molecular flexibility index (Phi) is 2.98. The Bertz CT molecular complexity index is 464. The molecule has 0 saturated carbocycles. The van der Waals surface area contributed by atoms with Crippen LogP contribution in [-0.4, -0.2) is 49.8 Å². The van der Waals surface area contributed by atoms with Crippen LogP contribution in [0.2, 0.25) is 0 Å². The quantitative estimate of drug-likeness (QED) is 0.378. The number of ether oxygens (including phenoxy) is 1. The van der Waals surface area contributed by atoms with E-state index in [4.69, 9.17) is 15.6 Å². The first-order valence-electron chi connectivity index (χ1n) is 4.97. The van der Waals surface area contributed by atoms with Gasteiger partial charge in [0, 0.05) is 6.20 Å². The van der Waals surface area contributed by atoms with Crippen molar-refractivity contribution in [3.63, 3.8) is 0 Å². The average molecular weight is 243 g/mol. The molecule has 0 unspecified atom stereocenters. The number of nitrogens with one attached hydrogen (secondary N) is 1. The van der Waals surface area contributed by atoms with Crippen molar-refractivity contribution < 1.29 is 20.1 Å². The number of H-pyrrole nitrogens is 1. The molecule has 17 heavy (non-hydrogen) atoms. The first-order chi connectivity index (χ1) is 7.98. The smallest absolute Gasteiger partial charge is 0.345 e. The number of hydrogen-bond donors (Lipinski definition) is 5. The fourth-order valence-electron chi connectivity index (χ4n) is 1.76. The molecule has 0 spiro atoms. The lowest BCUT2D eigenvalue weighted by Crippen LogP contribution is -2.54. The number of aliphatic hydroxyl groups is 3. The lowest BCUT2D eigenvalue weighted by atomic mass is 10.0. The van der Waals surface area contributed by atoms with Gasteiger partial charge in [-0.1, -0.05) is 0 Å². The van der Waals surface area contributed by atoms with Crippen molar-refractivity contribution in [1.29, 1.82) is 0 Å². The molecule has 0 aliphatic carbocycles. The zero-order chi connectivity index (χ0) is 12.6. The summed E-state index contributed by atoms with van der Waals surface area (Å²) in [5, 5.41) is 28.4. The SMILES string of the molecule is N[C@]1(CO)O[C@@H](c2ccnc(=O)[nH]2)[C@@H](O)[C@@H]1O. The van der Waals surface area contributed by atoms with Gasteiger partial charge in [0.1, 0.15) is 18.3 Å². The van der Waals surface area contributed by atoms with E-state index < -0.39 is 36.3 Å². The molecule has 8 heteroatoms. The van der Waals surface area contributed by atoms with Crippen LogP contribution in [0.1, 0.15) is 11.8 Å². The summed E-state index contributed by atoms with van der Waals surface area (Å²) < 4.78 is 5.19. The molecule has 0 bridgehead atoms. The second-order valence-corrected chi connectivity index (χ2v) is 3.92. The number of rotatable bonds is 2. The van der Waals surface area contributed by atoms with Crippen LogP contribution >= 0.6 is 0 Å². The summed E-state index contributed by atoms with van der Waals surface area (Å²) in [6, 6.07) is 1.42. The van der Waals surface area contributed by atoms with E-state index in [1.165, 1.54) is 12.3 Å². The van der Waals surface area contributed by atoms with Crippen molar-refractivity contribution in [2.24, 2.45) is 5.73 Å². The van der Waals surface area contributed by atoms with Crippen LogP contribution in [0.15, 0.2) is 17.1 Å². The summed E-state index contributed by atoms with van der Waals surface area (Å²) in [6.07, 6.45) is -2.57. The van der Waals surface area contributed by atoms with Crippen LogP contribution in [0.3, 0.4) is 0 Å². The minimum absolute atomic E-state index is 0.234. The highest BCUT2D eigenvalue weighted by molar-refractivity contribution is 5.11. The molecular weight excluding hydrogens is 230 g/mol. The fourth-order valence-corrected chi connectivity index (χ4v) is 1.76. The Morgan fingerprint density at radius 3 is 2.82 bits per heavy atom. The molecular formula is C9H13N3O5. The summed E-state index contributed by atoms with van der Waals surface area (Å²) in [5.41, 5.74) is 3.45. The molecule has 94 valence electrons. The van der Waals surface area contributed by atoms with Gasteiger partial charge in [-0.3, -0.25) is 5.73 Å². The minimum Gasteiger partial charge on any atom is -0.392 e. The van der Waals surface area contributed by atoms with Crippen molar-refractivity contribution in [3.8, 4) is 0 Å². The molecule has 1 aliphatic rings. The molecule has 0 aromatic carbocycles. The molecule has 1 aliphatic heterocycles. The van der Waals surface area contributed by atoms with Gasteiger partial charge in [0.15, 0.2) is 5.72 Å². The molecule has 0 amide bonds. The van der Waals surface area contributed by atoms with Gasteiger partial charge >= 0.3 is 5.69 Å². The second kappa shape index (κ2) is 4.17. The molecule has 1 aromatic heterocycles. The molecule has 1 saturated heterocycles. The highest BCUT2D eigenvalue weighted by Crippen LogP contribution is 2.35. The fraction of sp³-hybridized carbons (Fsp3) is 0.556. The number of aromatic nitrogens is 2. The van der Waals surface area contributed by atoms with E-state index in [1.54, 1.807) is 0 Å². The van der Waals surface area contributed by atoms with Gasteiger partial charge in [-0.15, -0.1) is 0 Å². The van der Waals surface area contributed by atoms with Crippen LogP contribution < -0.4 is 11.4 Å². The summed E-state index contributed by atoms with van der Waals surface area (Å²) in [4.78, 5) is 16.8. The van der Waals surface area contributed by atoms with Gasteiger partial charge in [-0.25, -0.2) is 9.78 Å². The van der Waals surface area contributed by atoms with Crippen molar-refractivity contribution in [1.82, 2.24) is 9.97 Å². The lowest BCUT2D eigenvalue weighted by Gasteiger charge is -2.24. The molecule has 8 nitrogen and oxygen atoms in total. The predicted molar refractivity (Wildman–Crippen MR) is 54.7 cm³/mol. The van der Waals surface area contributed by atoms with Gasteiger partial charge < -0.3 is 25.0 Å². The maximum atomic E-state index is 11.0. The van der Waals surface area contributed by atoms with Gasteiger partial charge in [0.05, 0.1) is 12.3 Å². The third-order valence-electron chi connectivity index (χ3n) is 2.73. The Morgan fingerprint density at radius 1 is 1.59 bits per heavy atom. The van der Waals surface area contributed by atoms with E-state index in [0.717, 1.165) is 0 Å². The molecule has 1 fully saturated rings. The van der Waals surface area contributed by atoms with Crippen LogP contribution in [-0.2, 0) is 4.74 Å². The van der Waals surface area contributed by atoms with Crippen molar-refractivity contribution in [2.75, 3.05) is 6.61 Å². The molecule has 2 rings (SSSR count). The van der Waals surface area contributed by atoms with E-state index in [2.05, 4.69) is 9.97 Å². The van der Waals surface area contributed by atoms with Crippen molar-refractivity contribution in [2.45, 2.75) is 24.0 Å². The highest BCUT2D eigenvalue weighted by atomic mass is 16.6. The van der Waals surface area contributed by atoms with Crippen LogP contribution in [0, 0.1) is 0 Å². The van der Waals surface area contributed by atoms with Gasteiger partial charge in [-0.05, 0) is 6.07 Å². The summed E-state index contributed by atoms with van der Waals surface area (Å²) in [6.45, 7) is -0.656. The van der Waals surface area contributed by atoms with E-state index in [-0.39, 0.29) is 5.69 Å². The largest absolute Gasteiger partial charge is 0.392 e. The normalized spacial score (nSPS) is 37.3. The Morgan fingerprint density at radius 2 is 2.29 bits per heavy atom. The first-order valence-corrected chi connectivity index (χ1v) is 4.97. The maximum Gasteiger partial charge on any atom is 0.345 e. The number of nitrogens with two attached hydrogens (primary N) is 1. The Hall–Kier alpha value is -1.32. The Labute approximate surface area is 95.7 Å². The number of aromatic amines is 1. The summed E-state index contributed by atoms with van der Waals surface area (Å²) in [7, 11) is 0. The van der Waals surface area contributed by atoms with Crippen LogP contribution in [0.5, 0.6) is 0 Å². The minimum atomic E-state index is -1.75. The first kappa shape index (κ1) is 12.1. The van der Waals surface area contributed by atoms with Crippen LogP contribution in [0.4, 0.5) is 0 Å². The number of aliphatic hydroxyl groups excluding tert-OH is 3. The van der Waals surface area contributed by atoms with Gasteiger partial charge in [-0.2, -0.15) is 0 Å². The third kappa shape index (κ3) is 1.96. The van der Waals surface area contributed by atoms with E-state index in [1.807, 2.05) is 0 Å². The number of hydrogen-bond acceptors (Lipinski definition) is 7. The van der Waals surface area contributed by atoms with E-state index >= 15 is 0 Å².